The van der Waals surface area contributed by atoms with Crippen molar-refractivity contribution in [3.05, 3.63) is 29.8 Å². The maximum Gasteiger partial charge on any atom is 0.412 e. The topological polar surface area (TPSA) is 70.9 Å². The third-order valence-corrected chi connectivity index (χ3v) is 2.10. The highest BCUT2D eigenvalue weighted by Gasteiger charge is 2.16. The average molecular weight is 250 g/mol. The van der Waals surface area contributed by atoms with Crippen LogP contribution in [0.5, 0.6) is 0 Å². The Bertz CT molecular complexity index is 444. The number of rotatable bonds is 2. The Balaban J connectivity index is 2.67. The van der Waals surface area contributed by atoms with Gasteiger partial charge in [0.15, 0.2) is 0 Å². The van der Waals surface area contributed by atoms with Gasteiger partial charge in [0, 0.05) is 5.69 Å². The molecule has 1 amide bonds. The Morgan fingerprint density at radius 2 is 1.83 bits per heavy atom. The first-order valence-electron chi connectivity index (χ1n) is 5.61. The molecule has 0 radical (unpaired) electrons. The summed E-state index contributed by atoms with van der Waals surface area (Å²) in [5.41, 5.74) is 1.40. The number of hydrogen-bond acceptors (Lipinski definition) is 4. The van der Waals surface area contributed by atoms with Crippen molar-refractivity contribution < 1.29 is 14.7 Å². The first kappa shape index (κ1) is 14.0. The van der Waals surface area contributed by atoms with Gasteiger partial charge in [0.05, 0.1) is 5.71 Å². The minimum atomic E-state index is -0.524. The number of amides is 1. The summed E-state index contributed by atoms with van der Waals surface area (Å²) in [6.45, 7) is 7.10. The van der Waals surface area contributed by atoms with Gasteiger partial charge in [-0.3, -0.25) is 5.32 Å². The maximum atomic E-state index is 11.5. The predicted molar refractivity (Wildman–Crippen MR) is 70.3 cm³/mol. The fraction of sp³-hybridized carbons (Fsp3) is 0.385. The van der Waals surface area contributed by atoms with Crippen LogP contribution in [-0.4, -0.2) is 22.6 Å². The zero-order valence-corrected chi connectivity index (χ0v) is 11.0. The van der Waals surface area contributed by atoms with Crippen LogP contribution in [0.1, 0.15) is 33.3 Å². The van der Waals surface area contributed by atoms with Crippen molar-refractivity contribution in [2.24, 2.45) is 5.16 Å². The molecule has 0 fully saturated rings. The van der Waals surface area contributed by atoms with E-state index < -0.39 is 11.7 Å². The zero-order valence-electron chi connectivity index (χ0n) is 11.0. The average Bonchev–Trinajstić information content (AvgIpc) is 2.26. The van der Waals surface area contributed by atoms with Gasteiger partial charge in [-0.05, 0) is 45.4 Å². The summed E-state index contributed by atoms with van der Waals surface area (Å²) in [5.74, 6) is 0. The van der Waals surface area contributed by atoms with Crippen molar-refractivity contribution in [2.75, 3.05) is 5.32 Å². The Kier molecular flexibility index (Phi) is 4.31. The monoisotopic (exact) mass is 250 g/mol. The number of oxime groups is 1. The van der Waals surface area contributed by atoms with Gasteiger partial charge in [0.2, 0.25) is 0 Å². The van der Waals surface area contributed by atoms with Crippen LogP contribution in [0.4, 0.5) is 10.5 Å². The molecular formula is C13H18N2O3. The number of hydrogen-bond donors (Lipinski definition) is 2. The predicted octanol–water partition coefficient (Wildman–Crippen LogP) is 3.23. The summed E-state index contributed by atoms with van der Waals surface area (Å²) in [7, 11) is 0. The van der Waals surface area contributed by atoms with Gasteiger partial charge in [-0.15, -0.1) is 0 Å². The van der Waals surface area contributed by atoms with Crippen LogP contribution in [0.15, 0.2) is 29.4 Å². The molecule has 0 aliphatic rings. The lowest BCUT2D eigenvalue weighted by Gasteiger charge is -2.19. The minimum absolute atomic E-state index is 0.497. The molecule has 0 aliphatic carbocycles. The highest BCUT2D eigenvalue weighted by atomic mass is 16.6. The molecular weight excluding hydrogens is 232 g/mol. The summed E-state index contributed by atoms with van der Waals surface area (Å²) >= 11 is 0. The van der Waals surface area contributed by atoms with Gasteiger partial charge in [0.1, 0.15) is 5.60 Å². The number of carbonyl (C=O) groups excluding carboxylic acids is 1. The molecule has 0 saturated heterocycles. The summed E-state index contributed by atoms with van der Waals surface area (Å²) in [6, 6.07) is 6.94. The van der Waals surface area contributed by atoms with Gasteiger partial charge in [-0.2, -0.15) is 0 Å². The van der Waals surface area contributed by atoms with Gasteiger partial charge < -0.3 is 9.94 Å². The number of carbonyl (C=O) groups is 1. The van der Waals surface area contributed by atoms with E-state index in [1.165, 1.54) is 0 Å². The minimum Gasteiger partial charge on any atom is -0.444 e. The SMILES string of the molecule is C/C(=N\O)c1ccc(NC(=O)OC(C)(C)C)cc1. The van der Waals surface area contributed by atoms with Crippen molar-refractivity contribution in [1.29, 1.82) is 0 Å². The van der Waals surface area contributed by atoms with Crippen molar-refractivity contribution >= 4 is 17.5 Å². The lowest BCUT2D eigenvalue weighted by molar-refractivity contribution is 0.0636. The van der Waals surface area contributed by atoms with Crippen LogP contribution < -0.4 is 5.32 Å². The maximum absolute atomic E-state index is 11.5. The summed E-state index contributed by atoms with van der Waals surface area (Å²) in [6.07, 6.45) is -0.497. The molecule has 5 nitrogen and oxygen atoms in total. The summed E-state index contributed by atoms with van der Waals surface area (Å²) in [5, 5.41) is 14.4. The molecule has 0 spiro atoms. The second-order valence-corrected chi connectivity index (χ2v) is 4.89. The second-order valence-electron chi connectivity index (χ2n) is 4.89. The van der Waals surface area contributed by atoms with Crippen LogP contribution in [0.3, 0.4) is 0 Å². The normalized spacial score (nSPS) is 12.1. The fourth-order valence-electron chi connectivity index (χ4n) is 1.27. The van der Waals surface area contributed by atoms with E-state index in [4.69, 9.17) is 9.94 Å². The van der Waals surface area contributed by atoms with E-state index in [1.54, 1.807) is 52.0 Å². The Hall–Kier alpha value is -2.04. The Morgan fingerprint density at radius 1 is 1.28 bits per heavy atom. The van der Waals surface area contributed by atoms with E-state index in [1.807, 2.05) is 0 Å². The highest BCUT2D eigenvalue weighted by Crippen LogP contribution is 2.13. The van der Waals surface area contributed by atoms with Crippen molar-refractivity contribution in [2.45, 2.75) is 33.3 Å². The van der Waals surface area contributed by atoms with Gasteiger partial charge in [-0.25, -0.2) is 4.79 Å². The number of nitrogens with zero attached hydrogens (tertiary/aromatic N) is 1. The third-order valence-electron chi connectivity index (χ3n) is 2.10. The third kappa shape index (κ3) is 4.45. The zero-order chi connectivity index (χ0) is 13.8. The molecule has 0 heterocycles. The van der Waals surface area contributed by atoms with Crippen LogP contribution >= 0.6 is 0 Å². The summed E-state index contributed by atoms with van der Waals surface area (Å²) < 4.78 is 5.13. The van der Waals surface area contributed by atoms with E-state index in [-0.39, 0.29) is 0 Å². The van der Waals surface area contributed by atoms with Crippen LogP contribution in [0, 0.1) is 0 Å². The molecule has 0 aliphatic heterocycles. The standard InChI is InChI=1S/C13H18N2O3/c1-9(15-17)10-5-7-11(8-6-10)14-12(16)18-13(2,3)4/h5-8,17H,1-4H3,(H,14,16)/b15-9+. The van der Waals surface area contributed by atoms with Crippen LogP contribution in [-0.2, 0) is 4.74 Å². The summed E-state index contributed by atoms with van der Waals surface area (Å²) in [4.78, 5) is 11.5. The largest absolute Gasteiger partial charge is 0.444 e. The number of nitrogens with one attached hydrogen (secondary N) is 1. The van der Waals surface area contributed by atoms with Crippen LogP contribution in [0.25, 0.3) is 0 Å². The number of ether oxygens (including phenoxy) is 1. The van der Waals surface area contributed by atoms with Gasteiger partial charge in [-0.1, -0.05) is 17.3 Å². The van der Waals surface area contributed by atoms with Crippen LogP contribution in [0.2, 0.25) is 0 Å². The first-order chi connectivity index (χ1) is 8.31. The quantitative estimate of drug-likeness (QED) is 0.481. The van der Waals surface area contributed by atoms with E-state index >= 15 is 0 Å². The Labute approximate surface area is 106 Å². The molecule has 0 bridgehead atoms. The van der Waals surface area contributed by atoms with Gasteiger partial charge >= 0.3 is 6.09 Å². The van der Waals surface area contributed by atoms with E-state index in [9.17, 15) is 4.79 Å². The second kappa shape index (κ2) is 5.53. The van der Waals surface area contributed by atoms with E-state index in [0.717, 1.165) is 5.56 Å². The smallest absolute Gasteiger partial charge is 0.412 e. The lowest BCUT2D eigenvalue weighted by atomic mass is 10.1. The molecule has 1 aromatic rings. The van der Waals surface area contributed by atoms with E-state index in [0.29, 0.717) is 11.4 Å². The molecule has 2 N–H and O–H groups in total. The van der Waals surface area contributed by atoms with E-state index in [2.05, 4.69) is 10.5 Å². The first-order valence-corrected chi connectivity index (χ1v) is 5.61. The highest BCUT2D eigenvalue weighted by molar-refractivity contribution is 5.98. The van der Waals surface area contributed by atoms with Crippen molar-refractivity contribution in [3.63, 3.8) is 0 Å². The molecule has 1 rings (SSSR count). The molecule has 18 heavy (non-hydrogen) atoms. The van der Waals surface area contributed by atoms with Crippen molar-refractivity contribution in [3.8, 4) is 0 Å². The fourth-order valence-corrected chi connectivity index (χ4v) is 1.27. The molecule has 0 aromatic heterocycles. The number of benzene rings is 1. The molecule has 1 aromatic carbocycles. The lowest BCUT2D eigenvalue weighted by Crippen LogP contribution is -2.27. The molecule has 0 atom stereocenters. The Morgan fingerprint density at radius 3 is 2.28 bits per heavy atom. The molecule has 0 unspecified atom stereocenters. The van der Waals surface area contributed by atoms with Gasteiger partial charge in [0.25, 0.3) is 0 Å². The number of anilines is 1. The molecule has 98 valence electrons. The molecule has 0 saturated carbocycles. The van der Waals surface area contributed by atoms with Crippen molar-refractivity contribution in [1.82, 2.24) is 0 Å². The molecule has 5 heteroatoms.